The second-order valence-electron chi connectivity index (χ2n) is 4.48. The Balaban J connectivity index is 1.92. The normalized spacial score (nSPS) is 15.1. The average Bonchev–Trinajstić information content (AvgIpc) is 2.76. The molecular weight excluding hydrogens is 358 g/mol. The Bertz CT molecular complexity index is 761. The predicted octanol–water partition coefficient (Wildman–Crippen LogP) is 4.12. The summed E-state index contributed by atoms with van der Waals surface area (Å²) in [5.74, 6) is -0.265. The molecule has 4 nitrogen and oxygen atoms in total. The maximum absolute atomic E-state index is 12.1. The standard InChI is InChI=1S/C15H9BrF2N2O2/c16-8-1-6-12-11(7-8)13(14(21)20-12)19-9-2-4-10(5-3-9)22-15(17)18/h1-7,15H,(H,19,20,21). The molecule has 0 saturated heterocycles. The second kappa shape index (κ2) is 5.84. The van der Waals surface area contributed by atoms with E-state index >= 15 is 0 Å². The minimum absolute atomic E-state index is 0.0398. The summed E-state index contributed by atoms with van der Waals surface area (Å²) in [5, 5.41) is 2.72. The number of carbonyl (C=O) groups excluding carboxylic acids is 1. The topological polar surface area (TPSA) is 50.7 Å². The van der Waals surface area contributed by atoms with Crippen molar-refractivity contribution in [1.29, 1.82) is 0 Å². The highest BCUT2D eigenvalue weighted by Crippen LogP contribution is 2.29. The lowest BCUT2D eigenvalue weighted by Crippen LogP contribution is -2.13. The van der Waals surface area contributed by atoms with E-state index in [-0.39, 0.29) is 17.4 Å². The first-order valence-corrected chi connectivity index (χ1v) is 7.07. The maximum atomic E-state index is 12.1. The van der Waals surface area contributed by atoms with Gasteiger partial charge in [-0.1, -0.05) is 15.9 Å². The number of ether oxygens (including phenoxy) is 1. The Morgan fingerprint density at radius 2 is 1.86 bits per heavy atom. The fourth-order valence-corrected chi connectivity index (χ4v) is 2.43. The fourth-order valence-electron chi connectivity index (χ4n) is 2.07. The molecule has 0 aromatic heterocycles. The molecule has 0 atom stereocenters. The van der Waals surface area contributed by atoms with Gasteiger partial charge in [-0.3, -0.25) is 4.79 Å². The van der Waals surface area contributed by atoms with Gasteiger partial charge in [-0.15, -0.1) is 0 Å². The van der Waals surface area contributed by atoms with Crippen LogP contribution in [0.1, 0.15) is 5.56 Å². The molecule has 112 valence electrons. The van der Waals surface area contributed by atoms with Gasteiger partial charge in [0.25, 0.3) is 5.91 Å². The van der Waals surface area contributed by atoms with Crippen molar-refractivity contribution in [2.75, 3.05) is 5.32 Å². The van der Waals surface area contributed by atoms with Crippen LogP contribution in [-0.4, -0.2) is 18.2 Å². The summed E-state index contributed by atoms with van der Waals surface area (Å²) in [6.07, 6.45) is 0. The van der Waals surface area contributed by atoms with Crippen molar-refractivity contribution in [3.8, 4) is 5.75 Å². The molecule has 0 fully saturated rings. The van der Waals surface area contributed by atoms with Gasteiger partial charge in [-0.05, 0) is 42.5 Å². The Morgan fingerprint density at radius 3 is 2.55 bits per heavy atom. The minimum Gasteiger partial charge on any atom is -0.435 e. The monoisotopic (exact) mass is 366 g/mol. The molecule has 2 aromatic rings. The number of hydrogen-bond donors (Lipinski definition) is 1. The van der Waals surface area contributed by atoms with E-state index in [1.54, 1.807) is 12.1 Å². The smallest absolute Gasteiger partial charge is 0.387 e. The number of hydrogen-bond acceptors (Lipinski definition) is 3. The number of aliphatic imine (C=N–C) groups is 1. The molecule has 7 heteroatoms. The zero-order valence-electron chi connectivity index (χ0n) is 11.0. The lowest BCUT2D eigenvalue weighted by molar-refractivity contribution is -0.110. The third kappa shape index (κ3) is 2.99. The number of rotatable bonds is 3. The highest BCUT2D eigenvalue weighted by Gasteiger charge is 2.26. The van der Waals surface area contributed by atoms with Crippen molar-refractivity contribution in [3.05, 3.63) is 52.5 Å². The van der Waals surface area contributed by atoms with Crippen molar-refractivity contribution in [3.63, 3.8) is 0 Å². The third-order valence-corrected chi connectivity index (χ3v) is 3.50. The molecular formula is C15H9BrF2N2O2. The van der Waals surface area contributed by atoms with Gasteiger partial charge in [-0.25, -0.2) is 4.99 Å². The molecule has 2 aromatic carbocycles. The van der Waals surface area contributed by atoms with Crippen LogP contribution in [0.25, 0.3) is 0 Å². The van der Waals surface area contributed by atoms with Crippen LogP contribution in [0.2, 0.25) is 0 Å². The SMILES string of the molecule is O=C1Nc2ccc(Br)cc2C1=Nc1ccc(OC(F)F)cc1. The van der Waals surface area contributed by atoms with E-state index < -0.39 is 6.61 Å². The van der Waals surface area contributed by atoms with E-state index in [0.29, 0.717) is 16.9 Å². The zero-order valence-corrected chi connectivity index (χ0v) is 12.6. The van der Waals surface area contributed by atoms with Crippen molar-refractivity contribution in [1.82, 2.24) is 0 Å². The predicted molar refractivity (Wildman–Crippen MR) is 82.0 cm³/mol. The van der Waals surface area contributed by atoms with E-state index in [9.17, 15) is 13.6 Å². The van der Waals surface area contributed by atoms with E-state index in [2.05, 4.69) is 31.0 Å². The largest absolute Gasteiger partial charge is 0.435 e. The first-order chi connectivity index (χ1) is 10.5. The number of alkyl halides is 2. The van der Waals surface area contributed by atoms with Crippen LogP contribution >= 0.6 is 15.9 Å². The minimum atomic E-state index is -2.87. The molecule has 0 bridgehead atoms. The zero-order chi connectivity index (χ0) is 15.7. The Hall–Kier alpha value is -2.28. The molecule has 1 heterocycles. The van der Waals surface area contributed by atoms with E-state index in [1.807, 2.05) is 6.07 Å². The van der Waals surface area contributed by atoms with Gasteiger partial charge < -0.3 is 10.1 Å². The summed E-state index contributed by atoms with van der Waals surface area (Å²) >= 11 is 3.35. The van der Waals surface area contributed by atoms with Crippen LogP contribution in [0, 0.1) is 0 Å². The summed E-state index contributed by atoms with van der Waals surface area (Å²) in [7, 11) is 0. The Labute approximate surface area is 132 Å². The number of nitrogens with zero attached hydrogens (tertiary/aromatic N) is 1. The van der Waals surface area contributed by atoms with Crippen molar-refractivity contribution in [2.24, 2.45) is 4.99 Å². The van der Waals surface area contributed by atoms with Gasteiger partial charge in [0.1, 0.15) is 11.5 Å². The van der Waals surface area contributed by atoms with E-state index in [4.69, 9.17) is 0 Å². The third-order valence-electron chi connectivity index (χ3n) is 3.00. The van der Waals surface area contributed by atoms with E-state index in [0.717, 1.165) is 4.47 Å². The molecule has 0 spiro atoms. The van der Waals surface area contributed by atoms with Gasteiger partial charge in [0, 0.05) is 10.0 Å². The average molecular weight is 367 g/mol. The van der Waals surface area contributed by atoms with Gasteiger partial charge in [0.2, 0.25) is 0 Å². The number of fused-ring (bicyclic) bond motifs is 1. The highest BCUT2D eigenvalue weighted by molar-refractivity contribution is 9.10. The highest BCUT2D eigenvalue weighted by atomic mass is 79.9. The lowest BCUT2D eigenvalue weighted by atomic mass is 10.1. The molecule has 1 aliphatic heterocycles. The summed E-state index contributed by atoms with van der Waals surface area (Å²) in [5.41, 5.74) is 2.12. The van der Waals surface area contributed by atoms with Crippen molar-refractivity contribution >= 4 is 38.9 Å². The Kier molecular flexibility index (Phi) is 3.89. The quantitative estimate of drug-likeness (QED) is 0.887. The van der Waals surface area contributed by atoms with Gasteiger partial charge in [0.15, 0.2) is 0 Å². The second-order valence-corrected chi connectivity index (χ2v) is 5.39. The summed E-state index contributed by atoms with van der Waals surface area (Å²) < 4.78 is 29.3. The van der Waals surface area contributed by atoms with Gasteiger partial charge in [-0.2, -0.15) is 8.78 Å². The van der Waals surface area contributed by atoms with Crippen LogP contribution in [-0.2, 0) is 4.79 Å². The maximum Gasteiger partial charge on any atom is 0.387 e. The molecule has 3 rings (SSSR count). The van der Waals surface area contributed by atoms with Crippen molar-refractivity contribution < 1.29 is 18.3 Å². The lowest BCUT2D eigenvalue weighted by Gasteiger charge is -2.04. The fraction of sp³-hybridized carbons (Fsp3) is 0.0667. The Morgan fingerprint density at radius 1 is 1.14 bits per heavy atom. The molecule has 0 unspecified atom stereocenters. The number of carbonyl (C=O) groups is 1. The van der Waals surface area contributed by atoms with Crippen molar-refractivity contribution in [2.45, 2.75) is 6.61 Å². The number of benzene rings is 2. The number of amides is 1. The molecule has 0 saturated carbocycles. The van der Waals surface area contributed by atoms with Gasteiger partial charge >= 0.3 is 6.61 Å². The molecule has 0 radical (unpaired) electrons. The molecule has 1 aliphatic rings. The van der Waals surface area contributed by atoms with Crippen LogP contribution < -0.4 is 10.1 Å². The van der Waals surface area contributed by atoms with Crippen LogP contribution in [0.4, 0.5) is 20.2 Å². The molecule has 1 N–H and O–H groups in total. The van der Waals surface area contributed by atoms with Crippen LogP contribution in [0.3, 0.4) is 0 Å². The van der Waals surface area contributed by atoms with Crippen LogP contribution in [0.15, 0.2) is 51.9 Å². The summed E-state index contributed by atoms with van der Waals surface area (Å²) in [6.45, 7) is -2.87. The van der Waals surface area contributed by atoms with Gasteiger partial charge in [0.05, 0.1) is 11.4 Å². The first-order valence-electron chi connectivity index (χ1n) is 6.28. The van der Waals surface area contributed by atoms with Crippen LogP contribution in [0.5, 0.6) is 5.75 Å². The number of anilines is 1. The first kappa shape index (κ1) is 14.6. The number of nitrogens with one attached hydrogen (secondary N) is 1. The summed E-state index contributed by atoms with van der Waals surface area (Å²) in [6, 6.07) is 11.2. The summed E-state index contributed by atoms with van der Waals surface area (Å²) in [4.78, 5) is 16.3. The molecule has 1 amide bonds. The number of halogens is 3. The molecule has 0 aliphatic carbocycles. The van der Waals surface area contributed by atoms with E-state index in [1.165, 1.54) is 24.3 Å². The molecule has 22 heavy (non-hydrogen) atoms.